The highest BCUT2D eigenvalue weighted by Gasteiger charge is 2.24. The third-order valence-electron chi connectivity index (χ3n) is 5.87. The van der Waals surface area contributed by atoms with E-state index in [0.29, 0.717) is 31.2 Å². The minimum atomic E-state index is -0.662. The molecule has 0 spiro atoms. The van der Waals surface area contributed by atoms with Crippen LogP contribution in [-0.2, 0) is 17.8 Å². The first kappa shape index (κ1) is 25.0. The predicted octanol–water partition coefficient (Wildman–Crippen LogP) is 3.57. The van der Waals surface area contributed by atoms with E-state index in [9.17, 15) is 14.4 Å². The van der Waals surface area contributed by atoms with E-state index in [2.05, 4.69) is 9.97 Å². The van der Waals surface area contributed by atoms with Gasteiger partial charge in [-0.2, -0.15) is 0 Å². The van der Waals surface area contributed by atoms with Gasteiger partial charge >= 0.3 is 5.69 Å². The van der Waals surface area contributed by atoms with E-state index in [0.717, 1.165) is 24.0 Å². The molecule has 0 aliphatic rings. The number of nitrogens with two attached hydrogens (primary N) is 1. The van der Waals surface area contributed by atoms with Crippen molar-refractivity contribution in [2.45, 2.75) is 66.3 Å². The fourth-order valence-electron chi connectivity index (χ4n) is 3.76. The maximum atomic E-state index is 13.1. The first-order valence-electron chi connectivity index (χ1n) is 11.7. The Kier molecular flexibility index (Phi) is 8.09. The average molecular weight is 468 g/mol. The smallest absolute Gasteiger partial charge is 0.330 e. The topological polar surface area (TPSA) is 127 Å². The van der Waals surface area contributed by atoms with Crippen molar-refractivity contribution < 1.29 is 9.21 Å². The number of anilines is 2. The normalized spacial score (nSPS) is 11.1. The van der Waals surface area contributed by atoms with Crippen LogP contribution in [0.1, 0.15) is 56.5 Å². The minimum absolute atomic E-state index is 0.0113. The zero-order valence-corrected chi connectivity index (χ0v) is 20.3. The summed E-state index contributed by atoms with van der Waals surface area (Å²) in [6.45, 7) is 8.66. The van der Waals surface area contributed by atoms with Crippen LogP contribution < -0.4 is 21.9 Å². The molecule has 0 fully saturated rings. The van der Waals surface area contributed by atoms with Gasteiger partial charge in [0.25, 0.3) is 5.56 Å². The Morgan fingerprint density at radius 2 is 1.94 bits per heavy atom. The number of rotatable bonds is 10. The number of nitrogen functional groups attached to an aromatic ring is 1. The Balaban J connectivity index is 1.80. The second-order valence-electron chi connectivity index (χ2n) is 8.46. The van der Waals surface area contributed by atoms with E-state index in [1.807, 2.05) is 45.9 Å². The molecule has 3 rings (SSSR count). The van der Waals surface area contributed by atoms with Crippen LogP contribution >= 0.6 is 0 Å². The maximum Gasteiger partial charge on any atom is 0.330 e. The van der Waals surface area contributed by atoms with Gasteiger partial charge in [-0.25, -0.2) is 9.78 Å². The molecule has 9 nitrogen and oxygen atoms in total. The van der Waals surface area contributed by atoms with E-state index in [4.69, 9.17) is 10.2 Å². The summed E-state index contributed by atoms with van der Waals surface area (Å²) in [7, 11) is 0. The van der Waals surface area contributed by atoms with Crippen molar-refractivity contribution in [3.8, 4) is 11.3 Å². The number of benzene rings is 1. The summed E-state index contributed by atoms with van der Waals surface area (Å²) in [6.07, 6.45) is 4.22. The van der Waals surface area contributed by atoms with Crippen molar-refractivity contribution in [1.29, 1.82) is 0 Å². The number of hydrogen-bond acceptors (Lipinski definition) is 6. The highest BCUT2D eigenvalue weighted by Crippen LogP contribution is 2.24. The molecule has 1 amide bonds. The summed E-state index contributed by atoms with van der Waals surface area (Å²) in [5.74, 6) is 0.801. The highest BCUT2D eigenvalue weighted by atomic mass is 16.4. The Hall–Kier alpha value is -3.62. The first-order chi connectivity index (χ1) is 16.3. The number of H-pyrrole nitrogens is 1. The maximum absolute atomic E-state index is 13.1. The van der Waals surface area contributed by atoms with E-state index >= 15 is 0 Å². The fourth-order valence-corrected chi connectivity index (χ4v) is 3.76. The molecule has 1 aromatic carbocycles. The molecule has 0 aliphatic heterocycles. The molecule has 182 valence electrons. The van der Waals surface area contributed by atoms with Gasteiger partial charge in [0.1, 0.15) is 5.82 Å². The van der Waals surface area contributed by atoms with E-state index < -0.39 is 11.2 Å². The monoisotopic (exact) mass is 467 g/mol. The van der Waals surface area contributed by atoms with Gasteiger partial charge in [0.2, 0.25) is 5.91 Å². The number of carbonyl (C=O) groups is 1. The lowest BCUT2D eigenvalue weighted by molar-refractivity contribution is -0.118. The van der Waals surface area contributed by atoms with Crippen molar-refractivity contribution in [3.63, 3.8) is 0 Å². The van der Waals surface area contributed by atoms with Gasteiger partial charge in [-0.1, -0.05) is 32.4 Å². The second-order valence-corrected chi connectivity index (χ2v) is 8.46. The largest absolute Gasteiger partial charge is 0.441 e. The molecular weight excluding hydrogens is 434 g/mol. The molecule has 2 heterocycles. The zero-order chi connectivity index (χ0) is 24.8. The Morgan fingerprint density at radius 3 is 2.62 bits per heavy atom. The van der Waals surface area contributed by atoms with Gasteiger partial charge in [-0.05, 0) is 43.9 Å². The number of hydrogen-bond donors (Lipinski definition) is 2. The van der Waals surface area contributed by atoms with Crippen molar-refractivity contribution in [2.24, 2.45) is 0 Å². The Labute approximate surface area is 198 Å². The van der Waals surface area contributed by atoms with Gasteiger partial charge in [0, 0.05) is 31.5 Å². The van der Waals surface area contributed by atoms with E-state index in [1.165, 1.54) is 15.0 Å². The third-order valence-corrected chi connectivity index (χ3v) is 5.87. The molecule has 3 N–H and O–H groups in total. The molecule has 0 unspecified atom stereocenters. The SMILES string of the molecule is CCCCn1c(N)c(N(CCC)C(=O)CCc2ncc(-c3ccc(C)c(C)c3)o2)c(=O)[nH]c1=O. The van der Waals surface area contributed by atoms with Crippen LogP contribution in [0.2, 0.25) is 0 Å². The van der Waals surface area contributed by atoms with Crippen LogP contribution in [0.5, 0.6) is 0 Å². The predicted molar refractivity (Wildman–Crippen MR) is 133 cm³/mol. The first-order valence-corrected chi connectivity index (χ1v) is 11.7. The lowest BCUT2D eigenvalue weighted by Gasteiger charge is -2.24. The van der Waals surface area contributed by atoms with Gasteiger partial charge in [-0.15, -0.1) is 0 Å². The molecule has 0 saturated heterocycles. The van der Waals surface area contributed by atoms with Crippen LogP contribution in [-0.4, -0.2) is 27.0 Å². The van der Waals surface area contributed by atoms with Crippen LogP contribution in [0, 0.1) is 13.8 Å². The molecule has 0 radical (unpaired) electrons. The van der Waals surface area contributed by atoms with Crippen LogP contribution in [0.4, 0.5) is 11.5 Å². The number of aryl methyl sites for hydroxylation is 3. The number of unbranched alkanes of at least 4 members (excludes halogenated alkanes) is 1. The van der Waals surface area contributed by atoms with Gasteiger partial charge < -0.3 is 15.1 Å². The van der Waals surface area contributed by atoms with Crippen LogP contribution in [0.3, 0.4) is 0 Å². The summed E-state index contributed by atoms with van der Waals surface area (Å²) in [4.78, 5) is 46.0. The average Bonchev–Trinajstić information content (AvgIpc) is 3.27. The zero-order valence-electron chi connectivity index (χ0n) is 20.3. The van der Waals surface area contributed by atoms with Gasteiger partial charge in [0.05, 0.1) is 6.20 Å². The quantitative estimate of drug-likeness (QED) is 0.469. The molecule has 2 aromatic heterocycles. The van der Waals surface area contributed by atoms with Crippen molar-refractivity contribution >= 4 is 17.4 Å². The summed E-state index contributed by atoms with van der Waals surface area (Å²) in [6, 6.07) is 6.04. The third kappa shape index (κ3) is 5.47. The van der Waals surface area contributed by atoms with Gasteiger partial charge in [-0.3, -0.25) is 19.1 Å². The summed E-state index contributed by atoms with van der Waals surface area (Å²) in [5.41, 5.74) is 8.28. The molecule has 0 saturated carbocycles. The van der Waals surface area contributed by atoms with E-state index in [-0.39, 0.29) is 30.3 Å². The fraction of sp³-hybridized carbons (Fsp3) is 0.440. The van der Waals surface area contributed by atoms with E-state index in [1.54, 1.807) is 6.20 Å². The molecule has 0 aliphatic carbocycles. The molecule has 0 atom stereocenters. The summed E-state index contributed by atoms with van der Waals surface area (Å²) in [5, 5.41) is 0. The lowest BCUT2D eigenvalue weighted by Crippen LogP contribution is -2.41. The molecule has 9 heteroatoms. The number of carbonyl (C=O) groups excluding carboxylic acids is 1. The van der Waals surface area contributed by atoms with Crippen molar-refractivity contribution in [3.05, 3.63) is 62.3 Å². The molecule has 34 heavy (non-hydrogen) atoms. The lowest BCUT2D eigenvalue weighted by atomic mass is 10.1. The van der Waals surface area contributed by atoms with Gasteiger partial charge in [0.15, 0.2) is 17.3 Å². The summed E-state index contributed by atoms with van der Waals surface area (Å²) < 4.78 is 7.19. The van der Waals surface area contributed by atoms with Crippen molar-refractivity contribution in [1.82, 2.24) is 14.5 Å². The Morgan fingerprint density at radius 1 is 1.18 bits per heavy atom. The number of aromatic nitrogens is 3. The standard InChI is InChI=1S/C25H33N5O4/c1-5-7-13-30-23(26)22(24(32)28-25(30)33)29(12-6-2)21(31)11-10-20-27-15-19(34-20)18-9-8-16(3)17(4)14-18/h8-9,14-15H,5-7,10-13,26H2,1-4H3,(H,28,32,33). The number of nitrogens with zero attached hydrogens (tertiary/aromatic N) is 3. The molecule has 3 aromatic rings. The highest BCUT2D eigenvalue weighted by molar-refractivity contribution is 5.95. The number of oxazole rings is 1. The number of aromatic amines is 1. The summed E-state index contributed by atoms with van der Waals surface area (Å²) >= 11 is 0. The Bertz CT molecular complexity index is 1270. The number of nitrogens with one attached hydrogen (secondary N) is 1. The molecule has 0 bridgehead atoms. The van der Waals surface area contributed by atoms with Crippen LogP contribution in [0.25, 0.3) is 11.3 Å². The molecular formula is C25H33N5O4. The minimum Gasteiger partial charge on any atom is -0.441 e. The van der Waals surface area contributed by atoms with Crippen LogP contribution in [0.15, 0.2) is 38.4 Å². The second kappa shape index (κ2) is 11.0. The van der Waals surface area contributed by atoms with Crippen molar-refractivity contribution in [2.75, 3.05) is 17.2 Å². The number of amides is 1.